The molecule has 1 saturated heterocycles. The average Bonchev–Trinajstić information content (AvgIpc) is 2.56. The van der Waals surface area contributed by atoms with Gasteiger partial charge in [0.05, 0.1) is 13.2 Å². The van der Waals surface area contributed by atoms with Crippen LogP contribution in [0.2, 0.25) is 0 Å². The molecule has 1 fully saturated rings. The number of carbonyl (C=O) groups excluding carboxylic acids is 2. The number of piperidine rings is 1. The van der Waals surface area contributed by atoms with Crippen LogP contribution in [-0.2, 0) is 19.1 Å². The minimum Gasteiger partial charge on any atom is -0.463 e. The van der Waals surface area contributed by atoms with Gasteiger partial charge >= 0.3 is 17.7 Å². The Hall–Kier alpha value is -1.98. The second-order valence-corrected chi connectivity index (χ2v) is 5.64. The molecule has 0 amide bonds. The molecule has 2 atom stereocenters. The molecule has 0 aromatic carbocycles. The highest BCUT2D eigenvalue weighted by Crippen LogP contribution is 2.18. The summed E-state index contributed by atoms with van der Waals surface area (Å²) < 4.78 is 9.73. The summed E-state index contributed by atoms with van der Waals surface area (Å²) in [6.45, 7) is 4.12. The number of allylic oxidation sites excluding steroid dienone is 1. The largest absolute Gasteiger partial charge is 0.463 e. The lowest BCUT2D eigenvalue weighted by Crippen LogP contribution is -2.49. The van der Waals surface area contributed by atoms with Gasteiger partial charge < -0.3 is 20.3 Å². The number of nitrogens with zero attached hydrogens (tertiary/aromatic N) is 2. The minimum absolute atomic E-state index is 0.0451. The van der Waals surface area contributed by atoms with Gasteiger partial charge in [-0.15, -0.1) is 0 Å². The lowest BCUT2D eigenvalue weighted by atomic mass is 9.92. The van der Waals surface area contributed by atoms with Gasteiger partial charge in [-0.2, -0.15) is 4.79 Å². The molecule has 0 aliphatic carbocycles. The fraction of sp³-hybridized carbons (Fsp3) is 0.706. The third kappa shape index (κ3) is 7.06. The van der Waals surface area contributed by atoms with Crippen LogP contribution in [0.3, 0.4) is 0 Å². The van der Waals surface area contributed by atoms with Crippen LogP contribution in [0, 0.1) is 0 Å². The number of nitrogens with one attached hydrogen (secondary N) is 1. The highest BCUT2D eigenvalue weighted by atomic mass is 16.5. The van der Waals surface area contributed by atoms with Gasteiger partial charge in [0.15, 0.2) is 0 Å². The first-order valence-corrected chi connectivity index (χ1v) is 8.60. The molecule has 0 radical (unpaired) electrons. The molecule has 0 aromatic rings. The van der Waals surface area contributed by atoms with Crippen molar-refractivity contribution < 1.29 is 23.9 Å². The van der Waals surface area contributed by atoms with E-state index in [0.717, 1.165) is 38.5 Å². The molecular weight excluding hydrogens is 310 g/mol. The lowest BCUT2D eigenvalue weighted by molar-refractivity contribution is -0.140. The number of unbranched alkanes of at least 4 members (excludes halogenated alkanes) is 1. The molecule has 0 unspecified atom stereocenters. The predicted molar refractivity (Wildman–Crippen MR) is 89.4 cm³/mol. The van der Waals surface area contributed by atoms with Crippen molar-refractivity contribution in [1.82, 2.24) is 5.32 Å². The van der Waals surface area contributed by atoms with Crippen molar-refractivity contribution in [3.05, 3.63) is 17.7 Å². The van der Waals surface area contributed by atoms with Gasteiger partial charge in [-0.05, 0) is 52.4 Å². The fourth-order valence-electron chi connectivity index (χ4n) is 2.77. The molecule has 7 heteroatoms. The Morgan fingerprint density at radius 2 is 2.00 bits per heavy atom. The summed E-state index contributed by atoms with van der Waals surface area (Å²) >= 11 is 0. The van der Waals surface area contributed by atoms with E-state index in [2.05, 4.69) is 10.1 Å². The van der Waals surface area contributed by atoms with Gasteiger partial charge in [-0.25, -0.2) is 9.59 Å². The molecule has 134 valence electrons. The van der Waals surface area contributed by atoms with E-state index >= 15 is 0 Å². The van der Waals surface area contributed by atoms with Crippen LogP contribution in [0.25, 0.3) is 5.53 Å². The maximum Gasteiger partial charge on any atom is 0.418 e. The molecule has 7 nitrogen and oxygen atoms in total. The van der Waals surface area contributed by atoms with Crippen LogP contribution in [0.1, 0.15) is 52.4 Å². The first-order valence-electron chi connectivity index (χ1n) is 8.60. The zero-order chi connectivity index (χ0) is 17.8. The van der Waals surface area contributed by atoms with Crippen LogP contribution >= 0.6 is 0 Å². The average molecular weight is 337 g/mol. The van der Waals surface area contributed by atoms with Crippen molar-refractivity contribution in [3.8, 4) is 0 Å². The number of carbonyl (C=O) groups is 2. The maximum atomic E-state index is 11.8. The van der Waals surface area contributed by atoms with Gasteiger partial charge in [-0.3, -0.25) is 0 Å². The molecule has 1 aliphatic heterocycles. The van der Waals surface area contributed by atoms with E-state index in [1.165, 1.54) is 6.08 Å². The van der Waals surface area contributed by atoms with Crippen LogP contribution in [0.5, 0.6) is 0 Å². The van der Waals surface area contributed by atoms with Crippen LogP contribution in [0.4, 0.5) is 0 Å². The van der Waals surface area contributed by atoms with E-state index in [0.29, 0.717) is 6.61 Å². The van der Waals surface area contributed by atoms with Crippen molar-refractivity contribution >= 4 is 17.7 Å². The summed E-state index contributed by atoms with van der Waals surface area (Å²) in [7, 11) is 0. The fourth-order valence-corrected chi connectivity index (χ4v) is 2.77. The van der Waals surface area contributed by atoms with E-state index < -0.39 is 5.97 Å². The maximum absolute atomic E-state index is 11.8. The van der Waals surface area contributed by atoms with E-state index in [-0.39, 0.29) is 30.4 Å². The first kappa shape index (κ1) is 20.1. The first-order chi connectivity index (χ1) is 11.6. The van der Waals surface area contributed by atoms with Crippen molar-refractivity contribution in [3.63, 3.8) is 0 Å². The summed E-state index contributed by atoms with van der Waals surface area (Å²) in [6, 6.07) is -0.0196. The van der Waals surface area contributed by atoms with E-state index in [4.69, 9.17) is 15.0 Å². The zero-order valence-corrected chi connectivity index (χ0v) is 14.5. The molecule has 0 aromatic heterocycles. The molecule has 24 heavy (non-hydrogen) atoms. The molecule has 0 spiro atoms. The molecule has 1 heterocycles. The second kappa shape index (κ2) is 11.5. The number of rotatable bonds is 9. The quantitative estimate of drug-likeness (QED) is 0.173. The summed E-state index contributed by atoms with van der Waals surface area (Å²) in [4.78, 5) is 26.1. The zero-order valence-electron chi connectivity index (χ0n) is 14.5. The Kier molecular flexibility index (Phi) is 9.65. The van der Waals surface area contributed by atoms with Crippen molar-refractivity contribution in [2.24, 2.45) is 0 Å². The Morgan fingerprint density at radius 1 is 1.25 bits per heavy atom. The SMILES string of the molecule is CCOC(=O)/C=C/CCC[C@@H]1CCC[C@H](C(=[N+]=[N-])C(=O)OCC)N1. The van der Waals surface area contributed by atoms with Crippen LogP contribution < -0.4 is 5.32 Å². The van der Waals surface area contributed by atoms with Gasteiger partial charge in [0.1, 0.15) is 6.04 Å². The molecule has 1 rings (SSSR count). The lowest BCUT2D eigenvalue weighted by Gasteiger charge is -2.28. The Labute approximate surface area is 143 Å². The molecule has 1 aliphatic rings. The van der Waals surface area contributed by atoms with Gasteiger partial charge in [0.2, 0.25) is 0 Å². The molecule has 0 saturated carbocycles. The van der Waals surface area contributed by atoms with Crippen molar-refractivity contribution in [2.75, 3.05) is 13.2 Å². The monoisotopic (exact) mass is 337 g/mol. The minimum atomic E-state index is -0.574. The molecule has 0 bridgehead atoms. The summed E-state index contributed by atoms with van der Waals surface area (Å²) in [6.07, 6.45) is 8.63. The van der Waals surface area contributed by atoms with Crippen LogP contribution in [-0.4, -0.2) is 47.7 Å². The normalized spacial score (nSPS) is 20.4. The Balaban J connectivity index is 2.39. The smallest absolute Gasteiger partial charge is 0.418 e. The summed E-state index contributed by atoms with van der Waals surface area (Å²) in [5.41, 5.74) is 9.14. The third-order valence-electron chi connectivity index (χ3n) is 3.87. The highest BCUT2D eigenvalue weighted by molar-refractivity contribution is 6.36. The van der Waals surface area contributed by atoms with Gasteiger partial charge in [-0.1, -0.05) is 6.08 Å². The predicted octanol–water partition coefficient (Wildman–Crippen LogP) is 2.02. The van der Waals surface area contributed by atoms with E-state index in [1.807, 2.05) is 6.08 Å². The molecular formula is C17H27N3O4. The van der Waals surface area contributed by atoms with E-state index in [1.54, 1.807) is 13.8 Å². The second-order valence-electron chi connectivity index (χ2n) is 5.64. The van der Waals surface area contributed by atoms with Crippen molar-refractivity contribution in [2.45, 2.75) is 64.5 Å². The Morgan fingerprint density at radius 3 is 2.67 bits per heavy atom. The number of hydrogen-bond acceptors (Lipinski definition) is 5. The van der Waals surface area contributed by atoms with Gasteiger partial charge in [0, 0.05) is 12.1 Å². The summed E-state index contributed by atoms with van der Waals surface area (Å²) in [5.74, 6) is -0.887. The van der Waals surface area contributed by atoms with Crippen LogP contribution in [0.15, 0.2) is 12.2 Å². The topological polar surface area (TPSA) is 101 Å². The number of hydrogen-bond donors (Lipinski definition) is 1. The number of esters is 2. The number of ether oxygens (including phenoxy) is 2. The third-order valence-corrected chi connectivity index (χ3v) is 3.87. The van der Waals surface area contributed by atoms with Gasteiger partial charge in [0.25, 0.3) is 0 Å². The highest BCUT2D eigenvalue weighted by Gasteiger charge is 2.35. The Bertz CT molecular complexity index is 498. The van der Waals surface area contributed by atoms with E-state index in [9.17, 15) is 9.59 Å². The summed E-state index contributed by atoms with van der Waals surface area (Å²) in [5, 5.41) is 3.36. The van der Waals surface area contributed by atoms with Crippen molar-refractivity contribution in [1.29, 1.82) is 0 Å². The molecule has 1 N–H and O–H groups in total. The standard InChI is InChI=1S/C17H27N3O4/c1-3-23-15(21)12-7-5-6-9-13-10-8-11-14(19-13)16(20-18)17(22)24-4-2/h7,12-14,19H,3-6,8-11H2,1-2H3/b12-7+/t13-,14-/m1/s1.